The zero-order chi connectivity index (χ0) is 15.7. The third-order valence-corrected chi connectivity index (χ3v) is 4.72. The number of nitrogens with zero attached hydrogens (tertiary/aromatic N) is 1. The highest BCUT2D eigenvalue weighted by Gasteiger charge is 2.31. The maximum atomic E-state index is 12.3. The smallest absolute Gasteiger partial charge is 0.270 e. The van der Waals surface area contributed by atoms with E-state index in [1.54, 1.807) is 6.07 Å². The molecule has 6 heteroatoms. The second kappa shape index (κ2) is 6.18. The van der Waals surface area contributed by atoms with Crippen molar-refractivity contribution in [2.24, 2.45) is 5.92 Å². The van der Waals surface area contributed by atoms with Gasteiger partial charge in [0, 0.05) is 42.9 Å². The summed E-state index contributed by atoms with van der Waals surface area (Å²) in [4.78, 5) is 22.8. The standard InChI is InChI=1S/C16H16ClNO4/c17-15-9-16(19)14(7-10-3-5-22-6-4-10)12-2-1-11(18(20)21)8-13(12)15/h1-2,8-10,14H,3-7H2. The maximum absolute atomic E-state index is 12.3. The van der Waals surface area contributed by atoms with Crippen LogP contribution in [0.5, 0.6) is 0 Å². The number of carbonyl (C=O) groups excluding carboxylic acids is 1. The number of hydrogen-bond acceptors (Lipinski definition) is 4. The number of ketones is 1. The number of nitro groups is 1. The van der Waals surface area contributed by atoms with Gasteiger partial charge in [0.25, 0.3) is 5.69 Å². The Bertz CT molecular complexity index is 650. The Hall–Kier alpha value is -1.72. The molecule has 1 heterocycles. The van der Waals surface area contributed by atoms with Gasteiger partial charge in [-0.1, -0.05) is 17.7 Å². The third-order valence-electron chi connectivity index (χ3n) is 4.40. The topological polar surface area (TPSA) is 69.4 Å². The number of benzene rings is 1. The van der Waals surface area contributed by atoms with Crippen molar-refractivity contribution in [1.82, 2.24) is 0 Å². The van der Waals surface area contributed by atoms with Crippen LogP contribution in [-0.4, -0.2) is 23.9 Å². The molecular weight excluding hydrogens is 306 g/mol. The van der Waals surface area contributed by atoms with Gasteiger partial charge in [-0.25, -0.2) is 0 Å². The predicted octanol–water partition coefficient (Wildman–Crippen LogP) is 3.66. The zero-order valence-corrected chi connectivity index (χ0v) is 12.7. The fourth-order valence-electron chi connectivity index (χ4n) is 3.18. The molecule has 22 heavy (non-hydrogen) atoms. The minimum atomic E-state index is -0.450. The largest absolute Gasteiger partial charge is 0.381 e. The second-order valence-corrected chi connectivity index (χ2v) is 6.17. The number of halogens is 1. The fourth-order valence-corrected chi connectivity index (χ4v) is 3.45. The Morgan fingerprint density at radius 2 is 2.05 bits per heavy atom. The first-order chi connectivity index (χ1) is 10.6. The van der Waals surface area contributed by atoms with Crippen LogP contribution in [0.25, 0.3) is 5.03 Å². The second-order valence-electron chi connectivity index (χ2n) is 5.77. The minimum Gasteiger partial charge on any atom is -0.381 e. The average Bonchev–Trinajstić information content (AvgIpc) is 2.52. The van der Waals surface area contributed by atoms with Crippen molar-refractivity contribution in [2.45, 2.75) is 25.2 Å². The van der Waals surface area contributed by atoms with Gasteiger partial charge in [-0.05, 0) is 30.7 Å². The highest BCUT2D eigenvalue weighted by Crippen LogP contribution is 2.40. The number of nitro benzene ring substituents is 1. The lowest BCUT2D eigenvalue weighted by Crippen LogP contribution is -2.23. The Kier molecular flexibility index (Phi) is 4.27. The van der Waals surface area contributed by atoms with Gasteiger partial charge in [0.2, 0.25) is 0 Å². The molecule has 116 valence electrons. The Morgan fingerprint density at radius 1 is 1.32 bits per heavy atom. The van der Waals surface area contributed by atoms with Crippen LogP contribution in [0.4, 0.5) is 5.69 Å². The minimum absolute atomic E-state index is 0.00975. The van der Waals surface area contributed by atoms with Crippen molar-refractivity contribution < 1.29 is 14.5 Å². The normalized spacial score (nSPS) is 22.1. The van der Waals surface area contributed by atoms with E-state index in [1.807, 2.05) is 0 Å². The molecule has 1 aliphatic heterocycles. The van der Waals surface area contributed by atoms with E-state index in [-0.39, 0.29) is 22.4 Å². The summed E-state index contributed by atoms with van der Waals surface area (Å²) in [6.07, 6.45) is 4.04. The van der Waals surface area contributed by atoms with Crippen molar-refractivity contribution >= 4 is 28.1 Å². The Balaban J connectivity index is 1.92. The molecule has 0 spiro atoms. The molecule has 3 rings (SSSR count). The Labute approximate surface area is 133 Å². The first-order valence-electron chi connectivity index (χ1n) is 7.33. The van der Waals surface area contributed by atoms with Gasteiger partial charge >= 0.3 is 0 Å². The van der Waals surface area contributed by atoms with Gasteiger partial charge in [0.1, 0.15) is 0 Å². The molecule has 1 saturated heterocycles. The van der Waals surface area contributed by atoms with Gasteiger partial charge in [-0.15, -0.1) is 0 Å². The van der Waals surface area contributed by atoms with Crippen LogP contribution in [0.1, 0.15) is 36.3 Å². The Morgan fingerprint density at radius 3 is 2.73 bits per heavy atom. The first-order valence-corrected chi connectivity index (χ1v) is 7.71. The maximum Gasteiger partial charge on any atom is 0.270 e. The molecule has 0 saturated carbocycles. The first kappa shape index (κ1) is 15.2. The van der Waals surface area contributed by atoms with Crippen molar-refractivity contribution in [3.05, 3.63) is 45.5 Å². The van der Waals surface area contributed by atoms with Crippen molar-refractivity contribution in [2.75, 3.05) is 13.2 Å². The monoisotopic (exact) mass is 321 g/mol. The van der Waals surface area contributed by atoms with E-state index >= 15 is 0 Å². The number of carbonyl (C=O) groups is 1. The molecule has 5 nitrogen and oxygen atoms in total. The molecule has 1 fully saturated rings. The van der Waals surface area contributed by atoms with Crippen LogP contribution < -0.4 is 0 Å². The summed E-state index contributed by atoms with van der Waals surface area (Å²) in [5, 5.41) is 11.2. The molecule has 0 radical (unpaired) electrons. The van der Waals surface area contributed by atoms with E-state index in [4.69, 9.17) is 16.3 Å². The lowest BCUT2D eigenvalue weighted by Gasteiger charge is -2.28. The third kappa shape index (κ3) is 2.91. The van der Waals surface area contributed by atoms with Crippen molar-refractivity contribution in [3.63, 3.8) is 0 Å². The zero-order valence-electron chi connectivity index (χ0n) is 12.0. The van der Waals surface area contributed by atoms with E-state index in [2.05, 4.69) is 0 Å². The number of non-ortho nitro benzene ring substituents is 1. The highest BCUT2D eigenvalue weighted by molar-refractivity contribution is 6.51. The van der Waals surface area contributed by atoms with Crippen LogP contribution in [-0.2, 0) is 9.53 Å². The summed E-state index contributed by atoms with van der Waals surface area (Å²) in [7, 11) is 0. The molecule has 1 aromatic rings. The van der Waals surface area contributed by atoms with Crippen molar-refractivity contribution in [3.8, 4) is 0 Å². The van der Waals surface area contributed by atoms with E-state index < -0.39 is 4.92 Å². The number of hydrogen-bond donors (Lipinski definition) is 0. The highest BCUT2D eigenvalue weighted by atomic mass is 35.5. The van der Waals surface area contributed by atoms with Crippen LogP contribution in [0.15, 0.2) is 24.3 Å². The van der Waals surface area contributed by atoms with E-state index in [1.165, 1.54) is 18.2 Å². The molecular formula is C16H16ClNO4. The van der Waals surface area contributed by atoms with Gasteiger partial charge in [-0.2, -0.15) is 0 Å². The summed E-state index contributed by atoms with van der Waals surface area (Å²) in [6, 6.07) is 4.57. The summed E-state index contributed by atoms with van der Waals surface area (Å²) in [5.74, 6) is 0.162. The van der Waals surface area contributed by atoms with Crippen molar-refractivity contribution in [1.29, 1.82) is 0 Å². The summed E-state index contributed by atoms with van der Waals surface area (Å²) < 4.78 is 5.35. The van der Waals surface area contributed by atoms with E-state index in [9.17, 15) is 14.9 Å². The molecule has 0 N–H and O–H groups in total. The van der Waals surface area contributed by atoms with E-state index in [0.717, 1.165) is 38.0 Å². The molecule has 0 bridgehead atoms. The predicted molar refractivity (Wildman–Crippen MR) is 82.8 cm³/mol. The lowest BCUT2D eigenvalue weighted by molar-refractivity contribution is -0.384. The quantitative estimate of drug-likeness (QED) is 0.629. The molecule has 2 aliphatic rings. The van der Waals surface area contributed by atoms with Crippen LogP contribution in [0.3, 0.4) is 0 Å². The van der Waals surface area contributed by atoms with Gasteiger partial charge < -0.3 is 4.74 Å². The lowest BCUT2D eigenvalue weighted by atomic mass is 9.78. The van der Waals surface area contributed by atoms with E-state index in [0.29, 0.717) is 11.5 Å². The van der Waals surface area contributed by atoms with Crippen LogP contribution in [0.2, 0.25) is 0 Å². The molecule has 0 aromatic heterocycles. The summed E-state index contributed by atoms with van der Waals surface area (Å²) in [6.45, 7) is 1.46. The van der Waals surface area contributed by atoms with Gasteiger partial charge in [0.15, 0.2) is 5.78 Å². The van der Waals surface area contributed by atoms with Gasteiger partial charge in [0.05, 0.1) is 9.96 Å². The molecule has 1 atom stereocenters. The van der Waals surface area contributed by atoms with Crippen LogP contribution >= 0.6 is 11.6 Å². The number of fused-ring (bicyclic) bond motifs is 1. The summed E-state index contributed by atoms with van der Waals surface area (Å²) >= 11 is 6.12. The number of rotatable bonds is 3. The number of allylic oxidation sites excluding steroid dienone is 1. The SMILES string of the molecule is O=C1C=C(Cl)c2cc([N+](=O)[O-])ccc2C1CC1CCOCC1. The average molecular weight is 322 g/mol. The molecule has 0 amide bonds. The molecule has 1 aliphatic carbocycles. The summed E-state index contributed by atoms with van der Waals surface area (Å²) in [5.41, 5.74) is 1.39. The fraction of sp³-hybridized carbons (Fsp3) is 0.438. The molecule has 1 aromatic carbocycles. The van der Waals surface area contributed by atoms with Gasteiger partial charge in [-0.3, -0.25) is 14.9 Å². The number of ether oxygens (including phenoxy) is 1. The van der Waals surface area contributed by atoms with Crippen LogP contribution in [0, 0.1) is 16.0 Å². The molecule has 1 unspecified atom stereocenters.